The van der Waals surface area contributed by atoms with Gasteiger partial charge in [-0.05, 0) is 89.6 Å². The summed E-state index contributed by atoms with van der Waals surface area (Å²) in [6, 6.07) is 28.0. The molecule has 9 rings (SSSR count). The number of ether oxygens (including phenoxy) is 3. The summed E-state index contributed by atoms with van der Waals surface area (Å²) >= 11 is 0. The number of likely N-dealkylation sites (tertiary alicyclic amines) is 2. The van der Waals surface area contributed by atoms with Gasteiger partial charge in [0.15, 0.2) is 0 Å². The van der Waals surface area contributed by atoms with Crippen LogP contribution in [0.5, 0.6) is 0 Å². The number of aromatic amines is 2. The van der Waals surface area contributed by atoms with Gasteiger partial charge in [-0.3, -0.25) is 9.59 Å². The Morgan fingerprint density at radius 3 is 1.95 bits per heavy atom. The maximum absolute atomic E-state index is 14.0. The lowest BCUT2D eigenvalue weighted by molar-refractivity contribution is -0.138. The van der Waals surface area contributed by atoms with Crippen LogP contribution in [-0.4, -0.2) is 100 Å². The molecular formula is C49H52N8O7. The van der Waals surface area contributed by atoms with Crippen molar-refractivity contribution < 1.29 is 33.4 Å². The van der Waals surface area contributed by atoms with Crippen LogP contribution in [0, 0.1) is 5.41 Å². The molecule has 6 aromatic rings. The fourth-order valence-electron chi connectivity index (χ4n) is 9.28. The van der Waals surface area contributed by atoms with Gasteiger partial charge in [-0.15, -0.1) is 0 Å². The summed E-state index contributed by atoms with van der Waals surface area (Å²) in [6.07, 6.45) is 6.20. The molecule has 1 aliphatic carbocycles. The number of rotatable bonds is 12. The molecule has 0 radical (unpaired) electrons. The predicted octanol–water partition coefficient (Wildman–Crippen LogP) is 7.86. The number of nitrogens with one attached hydrogen (secondary N) is 4. The van der Waals surface area contributed by atoms with Gasteiger partial charge in [0, 0.05) is 25.8 Å². The molecule has 1 saturated carbocycles. The van der Waals surface area contributed by atoms with E-state index in [1.165, 1.54) is 21.3 Å². The summed E-state index contributed by atoms with van der Waals surface area (Å²) in [5.41, 5.74) is 6.56. The lowest BCUT2D eigenvalue weighted by atomic mass is 9.98. The van der Waals surface area contributed by atoms with E-state index in [-0.39, 0.29) is 29.3 Å². The van der Waals surface area contributed by atoms with Gasteiger partial charge < -0.3 is 44.6 Å². The van der Waals surface area contributed by atoms with Crippen molar-refractivity contribution in [2.24, 2.45) is 5.41 Å². The number of methoxy groups -OCH3 is 3. The van der Waals surface area contributed by atoms with Crippen molar-refractivity contribution in [3.05, 3.63) is 121 Å². The van der Waals surface area contributed by atoms with E-state index in [9.17, 15) is 19.2 Å². The van der Waals surface area contributed by atoms with E-state index in [0.29, 0.717) is 24.5 Å². The Morgan fingerprint density at radius 1 is 0.703 bits per heavy atom. The summed E-state index contributed by atoms with van der Waals surface area (Å²) in [5, 5.41) is 7.56. The van der Waals surface area contributed by atoms with Crippen LogP contribution in [0.4, 0.5) is 9.59 Å². The van der Waals surface area contributed by atoms with Crippen LogP contribution in [-0.2, 0) is 23.8 Å². The number of carbonyl (C=O) groups excluding carboxylic acids is 4. The van der Waals surface area contributed by atoms with Crippen molar-refractivity contribution in [2.45, 2.75) is 69.3 Å². The number of hydrogen-bond donors (Lipinski definition) is 4. The molecule has 1 spiro atoms. The van der Waals surface area contributed by atoms with Crippen molar-refractivity contribution in [3.63, 3.8) is 0 Å². The standard InChI is InChI=1S/C49H52N8O7/c1-29(62-2)41(54-47(60)63-3)45(58)57-28-49(20-21-49)25-40(57)44-51-26-37(52-44)31-14-12-30(13-15-31)33-16-17-35-24-36(19-18-34(35)23-33)38-27-50-43(53-38)39-11-8-22-56(39)46(59)42(55-48(61)64-4)32-9-6-5-7-10-32/h5-7,9-10,12-19,23-24,26-27,29,39-42H,8,11,20-22,25,28H2,1-4H3,(H,50,53)(H,51,52)(H,54,60)(H,55,61). The molecule has 4 N–H and O–H groups in total. The number of imidazole rings is 2. The summed E-state index contributed by atoms with van der Waals surface area (Å²) in [4.78, 5) is 72.5. The highest BCUT2D eigenvalue weighted by Crippen LogP contribution is 2.58. The molecule has 4 amide bonds. The molecule has 2 aromatic heterocycles. The third kappa shape index (κ3) is 8.42. The highest BCUT2D eigenvalue weighted by atomic mass is 16.5. The second-order valence-electron chi connectivity index (χ2n) is 17.1. The van der Waals surface area contributed by atoms with Crippen LogP contribution in [0.1, 0.15) is 74.4 Å². The summed E-state index contributed by atoms with van der Waals surface area (Å²) in [7, 11) is 4.07. The Hall–Kier alpha value is -7.00. The van der Waals surface area contributed by atoms with Crippen molar-refractivity contribution in [1.29, 1.82) is 0 Å². The smallest absolute Gasteiger partial charge is 0.407 e. The van der Waals surface area contributed by atoms with Gasteiger partial charge in [-0.2, -0.15) is 0 Å². The first kappa shape index (κ1) is 42.3. The number of benzene rings is 4. The number of H-pyrrole nitrogens is 2. The van der Waals surface area contributed by atoms with Crippen molar-refractivity contribution in [3.8, 4) is 33.6 Å². The molecule has 5 unspecified atom stereocenters. The monoisotopic (exact) mass is 864 g/mol. The molecule has 3 aliphatic rings. The number of aromatic nitrogens is 4. The van der Waals surface area contributed by atoms with E-state index in [2.05, 4.69) is 81.3 Å². The first-order valence-electron chi connectivity index (χ1n) is 21.7. The van der Waals surface area contributed by atoms with E-state index >= 15 is 0 Å². The van der Waals surface area contributed by atoms with Gasteiger partial charge in [0.05, 0.1) is 56.2 Å². The van der Waals surface area contributed by atoms with Crippen molar-refractivity contribution in [2.75, 3.05) is 34.4 Å². The fourth-order valence-corrected chi connectivity index (χ4v) is 9.28. The van der Waals surface area contributed by atoms with Crippen LogP contribution in [0.15, 0.2) is 103 Å². The maximum atomic E-state index is 14.0. The lowest BCUT2D eigenvalue weighted by Gasteiger charge is -2.30. The van der Waals surface area contributed by atoms with Gasteiger partial charge in [0.25, 0.3) is 5.91 Å². The molecule has 330 valence electrons. The topological polar surface area (TPSA) is 184 Å². The Bertz CT molecular complexity index is 2680. The number of fused-ring (bicyclic) bond motifs is 1. The van der Waals surface area contributed by atoms with E-state index in [0.717, 1.165) is 82.3 Å². The van der Waals surface area contributed by atoms with Gasteiger partial charge in [0.1, 0.15) is 23.7 Å². The SMILES string of the molecule is COC(=O)NC(C(=O)N1CCCC1c1ncc(-c2ccc3cc(-c4ccc(-c5cnc(C6CC7(CC7)CN6C(=O)C(NC(=O)OC)C(C)OC)[nH]5)cc4)ccc3c2)[nH]1)c1ccccc1. The average molecular weight is 865 g/mol. The Morgan fingerprint density at radius 2 is 1.30 bits per heavy atom. The minimum Gasteiger partial charge on any atom is -0.453 e. The van der Waals surface area contributed by atoms with Gasteiger partial charge in [-0.1, -0.05) is 78.9 Å². The minimum atomic E-state index is -0.898. The molecule has 3 fully saturated rings. The summed E-state index contributed by atoms with van der Waals surface area (Å²) in [5.74, 6) is 0.991. The predicted molar refractivity (Wildman–Crippen MR) is 239 cm³/mol. The average Bonchev–Trinajstić information content (AvgIpc) is 3.87. The van der Waals surface area contributed by atoms with Gasteiger partial charge >= 0.3 is 12.2 Å². The van der Waals surface area contributed by atoms with E-state index < -0.39 is 30.4 Å². The van der Waals surface area contributed by atoms with Crippen LogP contribution in [0.25, 0.3) is 44.4 Å². The molecule has 4 aromatic carbocycles. The molecule has 2 saturated heterocycles. The van der Waals surface area contributed by atoms with Crippen molar-refractivity contribution >= 4 is 34.8 Å². The summed E-state index contributed by atoms with van der Waals surface area (Å²) in [6.45, 7) is 2.91. The van der Waals surface area contributed by atoms with Crippen LogP contribution < -0.4 is 10.6 Å². The molecule has 15 heteroatoms. The van der Waals surface area contributed by atoms with Gasteiger partial charge in [0.2, 0.25) is 5.91 Å². The second-order valence-corrected chi connectivity index (χ2v) is 17.1. The number of nitrogens with zero attached hydrogens (tertiary/aromatic N) is 4. The third-order valence-electron chi connectivity index (χ3n) is 13.2. The number of amides is 4. The molecule has 4 heterocycles. The molecule has 0 bridgehead atoms. The fraction of sp³-hybridized carbons (Fsp3) is 0.347. The largest absolute Gasteiger partial charge is 0.453 e. The number of hydrogen-bond acceptors (Lipinski definition) is 9. The second kappa shape index (κ2) is 17.6. The first-order valence-corrected chi connectivity index (χ1v) is 21.7. The maximum Gasteiger partial charge on any atom is 0.407 e. The number of alkyl carbamates (subject to hydrolysis) is 2. The highest BCUT2D eigenvalue weighted by Gasteiger charge is 2.55. The van der Waals surface area contributed by atoms with Crippen molar-refractivity contribution in [1.82, 2.24) is 40.4 Å². The molecule has 5 atom stereocenters. The van der Waals surface area contributed by atoms with Crippen LogP contribution >= 0.6 is 0 Å². The molecule has 64 heavy (non-hydrogen) atoms. The molecule has 15 nitrogen and oxygen atoms in total. The van der Waals surface area contributed by atoms with Crippen LogP contribution in [0.3, 0.4) is 0 Å². The zero-order valence-electron chi connectivity index (χ0n) is 36.3. The quantitative estimate of drug-likeness (QED) is 0.0951. The Balaban J connectivity index is 0.883. The first-order chi connectivity index (χ1) is 31.1. The number of carbonyl (C=O) groups is 4. The summed E-state index contributed by atoms with van der Waals surface area (Å²) < 4.78 is 15.1. The molecule has 2 aliphatic heterocycles. The molecular weight excluding hydrogens is 813 g/mol. The zero-order chi connectivity index (χ0) is 44.5. The Kier molecular flexibility index (Phi) is 11.7. The highest BCUT2D eigenvalue weighted by molar-refractivity contribution is 5.91. The Labute approximate surface area is 370 Å². The third-order valence-corrected chi connectivity index (χ3v) is 13.2. The minimum absolute atomic E-state index is 0.0761. The van der Waals surface area contributed by atoms with Gasteiger partial charge in [-0.25, -0.2) is 19.6 Å². The lowest BCUT2D eigenvalue weighted by Crippen LogP contribution is -2.54. The van der Waals surface area contributed by atoms with E-state index in [1.54, 1.807) is 11.8 Å². The van der Waals surface area contributed by atoms with Crippen LogP contribution in [0.2, 0.25) is 0 Å². The zero-order valence-corrected chi connectivity index (χ0v) is 36.3. The normalized spacial score (nSPS) is 19.0. The van der Waals surface area contributed by atoms with E-state index in [1.807, 2.05) is 47.6 Å². The van der Waals surface area contributed by atoms with E-state index in [4.69, 9.17) is 24.2 Å².